The van der Waals surface area contributed by atoms with Crippen molar-refractivity contribution in [1.82, 2.24) is 4.98 Å². The molecule has 1 fully saturated rings. The van der Waals surface area contributed by atoms with E-state index >= 15 is 0 Å². The van der Waals surface area contributed by atoms with Crippen LogP contribution in [-0.4, -0.2) is 10.9 Å². The molecule has 0 aliphatic heterocycles. The number of pyridine rings is 1. The van der Waals surface area contributed by atoms with Gasteiger partial charge < -0.3 is 5.32 Å². The number of fused-ring (bicyclic) bond motifs is 1. The zero-order valence-electron chi connectivity index (χ0n) is 14.7. The van der Waals surface area contributed by atoms with Crippen molar-refractivity contribution in [2.75, 3.05) is 5.32 Å². The third-order valence-electron chi connectivity index (χ3n) is 5.23. The number of nitrogens with one attached hydrogen (secondary N) is 1. The number of aromatic nitrogens is 1. The van der Waals surface area contributed by atoms with Gasteiger partial charge in [0.05, 0.1) is 22.8 Å². The predicted octanol–water partition coefficient (Wildman–Crippen LogP) is 5.40. The summed E-state index contributed by atoms with van der Waals surface area (Å²) in [6.45, 7) is 8.12. The summed E-state index contributed by atoms with van der Waals surface area (Å²) in [6.07, 6.45) is 7.93. The second kappa shape index (κ2) is 6.76. The fraction of sp³-hybridized carbons (Fsp3) is 0.429. The number of para-hydroxylation sites is 1. The van der Waals surface area contributed by atoms with Crippen LogP contribution in [0.5, 0.6) is 0 Å². The summed E-state index contributed by atoms with van der Waals surface area (Å²) in [5.74, 6) is 0.130. The van der Waals surface area contributed by atoms with E-state index < -0.39 is 0 Å². The van der Waals surface area contributed by atoms with Gasteiger partial charge in [-0.25, -0.2) is 0 Å². The standard InChI is InChI=1S/C21H26N2O/c1-15(2)13-21(11-7-4-8-12-21)20(24)23-19-14-22-18-10-6-5-9-17(18)16(19)3/h5-6,9-10,14H,1,4,7-8,11-13H2,2-3H3,(H,23,24). The van der Waals surface area contributed by atoms with Crippen molar-refractivity contribution >= 4 is 22.5 Å². The summed E-state index contributed by atoms with van der Waals surface area (Å²) in [7, 11) is 0. The van der Waals surface area contributed by atoms with Gasteiger partial charge in [-0.1, -0.05) is 43.0 Å². The molecule has 1 aliphatic rings. The molecular weight excluding hydrogens is 296 g/mol. The van der Waals surface area contributed by atoms with E-state index in [0.717, 1.165) is 59.8 Å². The van der Waals surface area contributed by atoms with Gasteiger partial charge in [-0.15, -0.1) is 6.58 Å². The number of nitrogens with zero attached hydrogens (tertiary/aromatic N) is 1. The van der Waals surface area contributed by atoms with Crippen LogP contribution < -0.4 is 5.32 Å². The number of hydrogen-bond donors (Lipinski definition) is 1. The zero-order chi connectivity index (χ0) is 17.2. The monoisotopic (exact) mass is 322 g/mol. The largest absolute Gasteiger partial charge is 0.324 e. The first-order chi connectivity index (χ1) is 11.5. The van der Waals surface area contributed by atoms with Gasteiger partial charge in [0.15, 0.2) is 0 Å². The van der Waals surface area contributed by atoms with Crippen LogP contribution in [0, 0.1) is 12.3 Å². The first kappa shape index (κ1) is 16.7. The Bertz CT molecular complexity index is 773. The van der Waals surface area contributed by atoms with Crippen molar-refractivity contribution in [3.8, 4) is 0 Å². The number of rotatable bonds is 4. The van der Waals surface area contributed by atoms with Crippen molar-refractivity contribution in [3.05, 3.63) is 48.2 Å². The van der Waals surface area contributed by atoms with Crippen LogP contribution >= 0.6 is 0 Å². The van der Waals surface area contributed by atoms with Crippen LogP contribution in [0.3, 0.4) is 0 Å². The Kier molecular flexibility index (Phi) is 4.70. The summed E-state index contributed by atoms with van der Waals surface area (Å²) >= 11 is 0. The lowest BCUT2D eigenvalue weighted by atomic mass is 9.69. The van der Waals surface area contributed by atoms with Crippen molar-refractivity contribution < 1.29 is 4.79 Å². The fourth-order valence-corrected chi connectivity index (χ4v) is 3.95. The van der Waals surface area contributed by atoms with Gasteiger partial charge in [-0.3, -0.25) is 9.78 Å². The molecule has 3 heteroatoms. The predicted molar refractivity (Wildman–Crippen MR) is 100 cm³/mol. The summed E-state index contributed by atoms with van der Waals surface area (Å²) in [5.41, 5.74) is 3.64. The first-order valence-corrected chi connectivity index (χ1v) is 8.82. The second-order valence-electron chi connectivity index (χ2n) is 7.24. The molecule has 0 bridgehead atoms. The van der Waals surface area contributed by atoms with Gasteiger partial charge in [-0.2, -0.15) is 0 Å². The van der Waals surface area contributed by atoms with E-state index in [-0.39, 0.29) is 11.3 Å². The lowest BCUT2D eigenvalue weighted by Gasteiger charge is -2.36. The molecule has 0 spiro atoms. The summed E-state index contributed by atoms with van der Waals surface area (Å²) < 4.78 is 0. The highest BCUT2D eigenvalue weighted by Gasteiger charge is 2.39. The van der Waals surface area contributed by atoms with Gasteiger partial charge >= 0.3 is 0 Å². The van der Waals surface area contributed by atoms with Crippen LogP contribution in [-0.2, 0) is 4.79 Å². The number of aryl methyl sites for hydroxylation is 1. The highest BCUT2D eigenvalue weighted by atomic mass is 16.2. The Labute approximate surface area is 144 Å². The molecule has 1 aromatic heterocycles. The van der Waals surface area contributed by atoms with Gasteiger partial charge in [-0.05, 0) is 44.7 Å². The van der Waals surface area contributed by atoms with E-state index in [4.69, 9.17) is 0 Å². The molecule has 2 aromatic rings. The smallest absolute Gasteiger partial charge is 0.230 e. The van der Waals surface area contributed by atoms with Gasteiger partial charge in [0.25, 0.3) is 0 Å². The first-order valence-electron chi connectivity index (χ1n) is 8.82. The number of amides is 1. The topological polar surface area (TPSA) is 42.0 Å². The van der Waals surface area contributed by atoms with Crippen LogP contribution in [0.25, 0.3) is 10.9 Å². The number of anilines is 1. The molecule has 0 atom stereocenters. The maximum absolute atomic E-state index is 13.1. The number of allylic oxidation sites excluding steroid dienone is 1. The minimum absolute atomic E-state index is 0.130. The Morgan fingerprint density at radius 3 is 2.67 bits per heavy atom. The van der Waals surface area contributed by atoms with Crippen molar-refractivity contribution in [2.45, 2.75) is 52.4 Å². The molecular formula is C21H26N2O. The summed E-state index contributed by atoms with van der Waals surface area (Å²) in [5, 5.41) is 4.27. The lowest BCUT2D eigenvalue weighted by Crippen LogP contribution is -2.38. The molecule has 1 amide bonds. The second-order valence-corrected chi connectivity index (χ2v) is 7.24. The molecule has 1 saturated carbocycles. The molecule has 3 nitrogen and oxygen atoms in total. The molecule has 0 saturated heterocycles. The minimum atomic E-state index is -0.303. The van der Waals surface area contributed by atoms with Crippen molar-refractivity contribution in [1.29, 1.82) is 0 Å². The van der Waals surface area contributed by atoms with E-state index in [2.05, 4.69) is 22.9 Å². The van der Waals surface area contributed by atoms with E-state index in [1.807, 2.05) is 32.0 Å². The molecule has 1 N–H and O–H groups in total. The van der Waals surface area contributed by atoms with Crippen LogP contribution in [0.15, 0.2) is 42.6 Å². The normalized spacial score (nSPS) is 16.8. The van der Waals surface area contributed by atoms with Crippen molar-refractivity contribution in [3.63, 3.8) is 0 Å². The number of hydrogen-bond acceptors (Lipinski definition) is 2. The highest BCUT2D eigenvalue weighted by Crippen LogP contribution is 2.42. The SMILES string of the molecule is C=C(C)CC1(C(=O)Nc2cnc3ccccc3c2C)CCCCC1. The molecule has 0 unspecified atom stereocenters. The van der Waals surface area contributed by atoms with E-state index in [9.17, 15) is 4.79 Å². The Hall–Kier alpha value is -2.16. The lowest BCUT2D eigenvalue weighted by molar-refractivity contribution is -0.127. The number of carbonyl (C=O) groups is 1. The van der Waals surface area contributed by atoms with Crippen LogP contribution in [0.2, 0.25) is 0 Å². The van der Waals surface area contributed by atoms with Gasteiger partial charge in [0.1, 0.15) is 0 Å². The van der Waals surface area contributed by atoms with Gasteiger partial charge in [0.2, 0.25) is 5.91 Å². The van der Waals surface area contributed by atoms with Crippen LogP contribution in [0.4, 0.5) is 5.69 Å². The summed E-state index contributed by atoms with van der Waals surface area (Å²) in [6, 6.07) is 8.04. The Morgan fingerprint density at radius 1 is 1.25 bits per heavy atom. The van der Waals surface area contributed by atoms with Crippen molar-refractivity contribution in [2.24, 2.45) is 5.41 Å². The van der Waals surface area contributed by atoms with E-state index in [1.54, 1.807) is 6.20 Å². The minimum Gasteiger partial charge on any atom is -0.324 e. The third-order valence-corrected chi connectivity index (χ3v) is 5.23. The number of benzene rings is 1. The molecule has 126 valence electrons. The average molecular weight is 322 g/mol. The fourth-order valence-electron chi connectivity index (χ4n) is 3.95. The summed E-state index contributed by atoms with van der Waals surface area (Å²) in [4.78, 5) is 17.6. The molecule has 24 heavy (non-hydrogen) atoms. The molecule has 1 aliphatic carbocycles. The third kappa shape index (κ3) is 3.21. The molecule has 1 heterocycles. The average Bonchev–Trinajstić information content (AvgIpc) is 2.58. The zero-order valence-corrected chi connectivity index (χ0v) is 14.7. The quantitative estimate of drug-likeness (QED) is 0.766. The Balaban J connectivity index is 1.90. The molecule has 3 rings (SSSR count). The molecule has 1 aromatic carbocycles. The molecule has 0 radical (unpaired) electrons. The number of carbonyl (C=O) groups excluding carboxylic acids is 1. The van der Waals surface area contributed by atoms with E-state index in [0.29, 0.717) is 0 Å². The van der Waals surface area contributed by atoms with E-state index in [1.165, 1.54) is 6.42 Å². The maximum atomic E-state index is 13.1. The van der Waals surface area contributed by atoms with Crippen LogP contribution in [0.1, 0.15) is 51.0 Å². The maximum Gasteiger partial charge on any atom is 0.230 e. The Morgan fingerprint density at radius 2 is 1.96 bits per heavy atom. The highest BCUT2D eigenvalue weighted by molar-refractivity contribution is 5.98. The van der Waals surface area contributed by atoms with Gasteiger partial charge in [0, 0.05) is 5.39 Å².